The number of anilines is 2. The number of halogens is 1. The molecule has 0 aliphatic heterocycles. The summed E-state index contributed by atoms with van der Waals surface area (Å²) in [5.74, 6) is 0.286. The summed E-state index contributed by atoms with van der Waals surface area (Å²) in [5.41, 5.74) is 7.15. The van der Waals surface area contributed by atoms with Gasteiger partial charge in [-0.1, -0.05) is 6.42 Å². The van der Waals surface area contributed by atoms with E-state index in [0.29, 0.717) is 17.1 Å². The first kappa shape index (κ1) is 19.3. The molecular formula is C16H24ClN3O3. The molecule has 0 spiro atoms. The zero-order chi connectivity index (χ0) is 16.1. The maximum atomic E-state index is 12.3. The number of hydrogen-bond donors (Lipinski definition) is 3. The molecule has 1 saturated carbocycles. The van der Waals surface area contributed by atoms with Crippen LogP contribution in [-0.2, 0) is 9.59 Å². The fourth-order valence-corrected chi connectivity index (χ4v) is 2.77. The van der Waals surface area contributed by atoms with Crippen LogP contribution in [0.15, 0.2) is 18.2 Å². The minimum Gasteiger partial charge on any atom is -0.494 e. The summed E-state index contributed by atoms with van der Waals surface area (Å²) < 4.78 is 5.24. The van der Waals surface area contributed by atoms with Gasteiger partial charge in [0, 0.05) is 30.6 Å². The predicted molar refractivity (Wildman–Crippen MR) is 93.1 cm³/mol. The van der Waals surface area contributed by atoms with Gasteiger partial charge in [0.15, 0.2) is 0 Å². The highest BCUT2D eigenvalue weighted by Gasteiger charge is 2.25. The van der Waals surface area contributed by atoms with E-state index in [9.17, 15) is 9.59 Å². The number of hydrogen-bond acceptors (Lipinski definition) is 4. The minimum absolute atomic E-state index is 0. The Morgan fingerprint density at radius 3 is 2.61 bits per heavy atom. The van der Waals surface area contributed by atoms with Gasteiger partial charge in [0.25, 0.3) is 0 Å². The van der Waals surface area contributed by atoms with Crippen LogP contribution in [0.2, 0.25) is 0 Å². The SMILES string of the molecule is COc1cc(NC(=O)C2CCCC(N)C2)ccc1NC(C)=O.Cl. The molecule has 0 bridgehead atoms. The molecule has 1 aromatic rings. The third kappa shape index (κ3) is 5.41. The Morgan fingerprint density at radius 2 is 2.00 bits per heavy atom. The van der Waals surface area contributed by atoms with Gasteiger partial charge < -0.3 is 21.1 Å². The van der Waals surface area contributed by atoms with E-state index in [2.05, 4.69) is 10.6 Å². The fourth-order valence-electron chi connectivity index (χ4n) is 2.77. The Labute approximate surface area is 142 Å². The van der Waals surface area contributed by atoms with Crippen molar-refractivity contribution < 1.29 is 14.3 Å². The standard InChI is InChI=1S/C16H23N3O3.ClH/c1-10(20)18-14-7-6-13(9-15(14)22-2)19-16(21)11-4-3-5-12(17)8-11;/h6-7,9,11-12H,3-5,8,17H2,1-2H3,(H,18,20)(H,19,21);1H. The Morgan fingerprint density at radius 1 is 1.26 bits per heavy atom. The number of rotatable bonds is 4. The highest BCUT2D eigenvalue weighted by Crippen LogP contribution is 2.29. The molecule has 2 rings (SSSR count). The lowest BCUT2D eigenvalue weighted by Gasteiger charge is -2.25. The van der Waals surface area contributed by atoms with Crippen molar-refractivity contribution in [2.75, 3.05) is 17.7 Å². The van der Waals surface area contributed by atoms with E-state index in [1.807, 2.05) is 0 Å². The summed E-state index contributed by atoms with van der Waals surface area (Å²) in [6, 6.07) is 5.27. The van der Waals surface area contributed by atoms with Gasteiger partial charge >= 0.3 is 0 Å². The Kier molecular flexibility index (Phi) is 7.32. The molecule has 1 aliphatic carbocycles. The van der Waals surface area contributed by atoms with Gasteiger partial charge in [-0.15, -0.1) is 12.4 Å². The van der Waals surface area contributed by atoms with Crippen LogP contribution in [0.25, 0.3) is 0 Å². The molecule has 6 nitrogen and oxygen atoms in total. The van der Waals surface area contributed by atoms with Crippen molar-refractivity contribution in [3.05, 3.63) is 18.2 Å². The van der Waals surface area contributed by atoms with Crippen molar-refractivity contribution in [1.82, 2.24) is 0 Å². The summed E-state index contributed by atoms with van der Waals surface area (Å²) in [7, 11) is 1.52. The van der Waals surface area contributed by atoms with E-state index in [1.165, 1.54) is 14.0 Å². The van der Waals surface area contributed by atoms with Crippen LogP contribution < -0.4 is 21.1 Å². The fraction of sp³-hybridized carbons (Fsp3) is 0.500. The van der Waals surface area contributed by atoms with Crippen LogP contribution in [0.5, 0.6) is 5.75 Å². The van der Waals surface area contributed by atoms with Gasteiger partial charge in [0.05, 0.1) is 12.8 Å². The molecule has 23 heavy (non-hydrogen) atoms. The molecule has 1 aliphatic rings. The molecule has 1 aromatic carbocycles. The topological polar surface area (TPSA) is 93.4 Å². The average Bonchev–Trinajstić information content (AvgIpc) is 2.48. The molecule has 1 fully saturated rings. The van der Waals surface area contributed by atoms with E-state index in [1.54, 1.807) is 18.2 Å². The lowest BCUT2D eigenvalue weighted by atomic mass is 9.85. The maximum absolute atomic E-state index is 12.3. The molecule has 2 unspecified atom stereocenters. The molecule has 4 N–H and O–H groups in total. The van der Waals surface area contributed by atoms with Gasteiger partial charge in [0.2, 0.25) is 11.8 Å². The summed E-state index contributed by atoms with van der Waals surface area (Å²) in [6.45, 7) is 1.43. The van der Waals surface area contributed by atoms with Crippen molar-refractivity contribution in [2.24, 2.45) is 11.7 Å². The Hall–Kier alpha value is -1.79. The first-order chi connectivity index (χ1) is 10.5. The second-order valence-corrected chi connectivity index (χ2v) is 5.71. The summed E-state index contributed by atoms with van der Waals surface area (Å²) in [5, 5.41) is 5.58. The highest BCUT2D eigenvalue weighted by molar-refractivity contribution is 5.94. The van der Waals surface area contributed by atoms with Gasteiger partial charge in [-0.05, 0) is 31.4 Å². The van der Waals surface area contributed by atoms with E-state index >= 15 is 0 Å². The van der Waals surface area contributed by atoms with E-state index in [-0.39, 0.29) is 36.2 Å². The zero-order valence-electron chi connectivity index (χ0n) is 13.4. The van der Waals surface area contributed by atoms with Crippen LogP contribution in [0.4, 0.5) is 11.4 Å². The van der Waals surface area contributed by atoms with Crippen molar-refractivity contribution >= 4 is 35.6 Å². The number of nitrogens with one attached hydrogen (secondary N) is 2. The van der Waals surface area contributed by atoms with Gasteiger partial charge in [-0.25, -0.2) is 0 Å². The van der Waals surface area contributed by atoms with Crippen molar-refractivity contribution in [3.8, 4) is 5.75 Å². The normalized spacial score (nSPS) is 20.1. The molecule has 2 amide bonds. The predicted octanol–water partition coefficient (Wildman–Crippen LogP) is 2.53. The number of carbonyl (C=O) groups is 2. The molecule has 2 atom stereocenters. The van der Waals surface area contributed by atoms with Crippen molar-refractivity contribution in [3.63, 3.8) is 0 Å². The maximum Gasteiger partial charge on any atom is 0.227 e. The van der Waals surface area contributed by atoms with Gasteiger partial charge in [-0.3, -0.25) is 9.59 Å². The number of benzene rings is 1. The average molecular weight is 342 g/mol. The van der Waals surface area contributed by atoms with E-state index in [4.69, 9.17) is 10.5 Å². The third-order valence-corrected chi connectivity index (χ3v) is 3.87. The molecule has 7 heteroatoms. The number of nitrogens with two attached hydrogens (primary N) is 1. The van der Waals surface area contributed by atoms with Crippen molar-refractivity contribution in [2.45, 2.75) is 38.6 Å². The number of amides is 2. The molecular weight excluding hydrogens is 318 g/mol. The Bertz CT molecular complexity index is 566. The number of carbonyl (C=O) groups excluding carboxylic acids is 2. The minimum atomic E-state index is -0.175. The largest absolute Gasteiger partial charge is 0.494 e. The molecule has 0 heterocycles. The molecule has 0 radical (unpaired) electrons. The van der Waals surface area contributed by atoms with Crippen molar-refractivity contribution in [1.29, 1.82) is 0 Å². The lowest BCUT2D eigenvalue weighted by molar-refractivity contribution is -0.121. The Balaban J connectivity index is 0.00000264. The zero-order valence-corrected chi connectivity index (χ0v) is 14.2. The molecule has 0 saturated heterocycles. The smallest absolute Gasteiger partial charge is 0.227 e. The second-order valence-electron chi connectivity index (χ2n) is 5.71. The quantitative estimate of drug-likeness (QED) is 0.784. The van der Waals surface area contributed by atoms with Gasteiger partial charge in [-0.2, -0.15) is 0 Å². The first-order valence-electron chi connectivity index (χ1n) is 7.51. The van der Waals surface area contributed by atoms with E-state index < -0.39 is 0 Å². The highest BCUT2D eigenvalue weighted by atomic mass is 35.5. The third-order valence-electron chi connectivity index (χ3n) is 3.87. The van der Waals surface area contributed by atoms with Crippen LogP contribution in [0.3, 0.4) is 0 Å². The summed E-state index contributed by atoms with van der Waals surface area (Å²) >= 11 is 0. The number of methoxy groups -OCH3 is 1. The first-order valence-corrected chi connectivity index (χ1v) is 7.51. The van der Waals surface area contributed by atoms with Crippen LogP contribution in [0.1, 0.15) is 32.6 Å². The summed E-state index contributed by atoms with van der Waals surface area (Å²) in [4.78, 5) is 23.4. The van der Waals surface area contributed by atoms with Crippen LogP contribution in [0, 0.1) is 5.92 Å². The van der Waals surface area contributed by atoms with Gasteiger partial charge in [0.1, 0.15) is 5.75 Å². The van der Waals surface area contributed by atoms with E-state index in [0.717, 1.165) is 25.7 Å². The van der Waals surface area contributed by atoms with Crippen LogP contribution >= 0.6 is 12.4 Å². The van der Waals surface area contributed by atoms with Crippen LogP contribution in [-0.4, -0.2) is 25.0 Å². The summed E-state index contributed by atoms with van der Waals surface area (Å²) in [6.07, 6.45) is 3.58. The molecule has 128 valence electrons. The monoisotopic (exact) mass is 341 g/mol. The molecule has 0 aromatic heterocycles. The lowest BCUT2D eigenvalue weighted by Crippen LogP contribution is -2.34. The second kappa shape index (κ2) is 8.74. The number of ether oxygens (including phenoxy) is 1.